The standard InChI is InChI=1S/C20H17F3N2O3/c1-12-8-18(16-10-15(27-2)6-7-17(16)24-12)28-11-19(26)25-14-5-3-4-13(9-14)20(21,22)23/h3-10H,11H2,1-2H3,(H,25,26). The molecule has 146 valence electrons. The third-order valence-corrected chi connectivity index (χ3v) is 3.94. The summed E-state index contributed by atoms with van der Waals surface area (Å²) in [6.45, 7) is 1.42. The molecule has 3 aromatic rings. The first-order valence-corrected chi connectivity index (χ1v) is 8.31. The number of benzene rings is 2. The van der Waals surface area contributed by atoms with E-state index in [2.05, 4.69) is 10.3 Å². The summed E-state index contributed by atoms with van der Waals surface area (Å²) in [4.78, 5) is 16.5. The Balaban J connectivity index is 1.74. The number of ether oxygens (including phenoxy) is 2. The highest BCUT2D eigenvalue weighted by molar-refractivity contribution is 5.92. The number of carbonyl (C=O) groups is 1. The van der Waals surface area contributed by atoms with Crippen LogP contribution in [0.1, 0.15) is 11.3 Å². The monoisotopic (exact) mass is 390 g/mol. The summed E-state index contributed by atoms with van der Waals surface area (Å²) in [5.74, 6) is 0.460. The zero-order chi connectivity index (χ0) is 20.3. The van der Waals surface area contributed by atoms with Crippen molar-refractivity contribution in [2.75, 3.05) is 19.0 Å². The maximum absolute atomic E-state index is 12.8. The van der Waals surface area contributed by atoms with Gasteiger partial charge >= 0.3 is 6.18 Å². The summed E-state index contributed by atoms with van der Waals surface area (Å²) in [7, 11) is 1.53. The van der Waals surface area contributed by atoms with E-state index in [1.165, 1.54) is 19.2 Å². The lowest BCUT2D eigenvalue weighted by Crippen LogP contribution is -2.20. The molecule has 0 aliphatic rings. The van der Waals surface area contributed by atoms with Gasteiger partial charge in [-0.1, -0.05) is 6.07 Å². The Labute approximate surface area is 159 Å². The molecule has 2 aromatic carbocycles. The average molecular weight is 390 g/mol. The molecule has 0 spiro atoms. The number of aromatic nitrogens is 1. The van der Waals surface area contributed by atoms with E-state index < -0.39 is 17.6 Å². The maximum Gasteiger partial charge on any atom is 0.416 e. The molecule has 5 nitrogen and oxygen atoms in total. The zero-order valence-corrected chi connectivity index (χ0v) is 15.1. The molecular formula is C20H17F3N2O3. The zero-order valence-electron chi connectivity index (χ0n) is 15.1. The molecule has 1 heterocycles. The van der Waals surface area contributed by atoms with E-state index in [1.54, 1.807) is 31.2 Å². The number of nitrogens with one attached hydrogen (secondary N) is 1. The fourth-order valence-corrected chi connectivity index (χ4v) is 2.66. The van der Waals surface area contributed by atoms with Crippen molar-refractivity contribution >= 4 is 22.5 Å². The number of methoxy groups -OCH3 is 1. The van der Waals surface area contributed by atoms with Crippen LogP contribution in [0.25, 0.3) is 10.9 Å². The fourth-order valence-electron chi connectivity index (χ4n) is 2.66. The first-order valence-electron chi connectivity index (χ1n) is 8.31. The molecule has 0 unspecified atom stereocenters. The minimum absolute atomic E-state index is 0.0425. The van der Waals surface area contributed by atoms with E-state index in [4.69, 9.17) is 9.47 Å². The van der Waals surface area contributed by atoms with Gasteiger partial charge in [0.1, 0.15) is 11.5 Å². The second kappa shape index (κ2) is 7.75. The van der Waals surface area contributed by atoms with E-state index in [9.17, 15) is 18.0 Å². The first-order chi connectivity index (χ1) is 13.3. The van der Waals surface area contributed by atoms with Crippen LogP contribution in [0.3, 0.4) is 0 Å². The second-order valence-electron chi connectivity index (χ2n) is 6.06. The van der Waals surface area contributed by atoms with Crippen LogP contribution in [-0.4, -0.2) is 24.6 Å². The van der Waals surface area contributed by atoms with E-state index in [0.717, 1.165) is 12.1 Å². The van der Waals surface area contributed by atoms with Crippen molar-refractivity contribution in [2.24, 2.45) is 0 Å². The molecule has 0 atom stereocenters. The molecule has 0 saturated carbocycles. The van der Waals surface area contributed by atoms with Crippen LogP contribution in [0.2, 0.25) is 0 Å². The number of fused-ring (bicyclic) bond motifs is 1. The lowest BCUT2D eigenvalue weighted by Gasteiger charge is -2.12. The van der Waals surface area contributed by atoms with Crippen LogP contribution in [-0.2, 0) is 11.0 Å². The van der Waals surface area contributed by atoms with E-state index >= 15 is 0 Å². The van der Waals surface area contributed by atoms with Crippen molar-refractivity contribution in [3.63, 3.8) is 0 Å². The largest absolute Gasteiger partial charge is 0.497 e. The predicted octanol–water partition coefficient (Wildman–Crippen LogP) is 4.59. The van der Waals surface area contributed by atoms with Crippen molar-refractivity contribution in [3.8, 4) is 11.5 Å². The topological polar surface area (TPSA) is 60.5 Å². The minimum atomic E-state index is -4.48. The summed E-state index contributed by atoms with van der Waals surface area (Å²) in [5, 5.41) is 3.07. The van der Waals surface area contributed by atoms with Gasteiger partial charge in [0.2, 0.25) is 0 Å². The van der Waals surface area contributed by atoms with Crippen LogP contribution in [0.5, 0.6) is 11.5 Å². The molecule has 3 rings (SSSR count). The molecule has 0 saturated heterocycles. The Morgan fingerprint density at radius 1 is 1.14 bits per heavy atom. The smallest absolute Gasteiger partial charge is 0.416 e. The second-order valence-corrected chi connectivity index (χ2v) is 6.06. The number of anilines is 1. The number of pyridine rings is 1. The average Bonchev–Trinajstić information content (AvgIpc) is 2.65. The quantitative estimate of drug-likeness (QED) is 0.692. The summed E-state index contributed by atoms with van der Waals surface area (Å²) >= 11 is 0. The Hall–Kier alpha value is -3.29. The molecule has 1 N–H and O–H groups in total. The summed E-state index contributed by atoms with van der Waals surface area (Å²) in [6, 6.07) is 11.4. The number of amides is 1. The number of carbonyl (C=O) groups excluding carboxylic acids is 1. The third-order valence-electron chi connectivity index (χ3n) is 3.94. The van der Waals surface area contributed by atoms with Gasteiger partial charge in [-0.25, -0.2) is 0 Å². The number of aryl methyl sites for hydroxylation is 1. The van der Waals surface area contributed by atoms with Crippen LogP contribution in [0.15, 0.2) is 48.5 Å². The van der Waals surface area contributed by atoms with Crippen molar-refractivity contribution in [1.82, 2.24) is 4.98 Å². The van der Waals surface area contributed by atoms with Gasteiger partial charge in [0, 0.05) is 22.8 Å². The fraction of sp³-hybridized carbons (Fsp3) is 0.200. The van der Waals surface area contributed by atoms with Gasteiger partial charge in [0.25, 0.3) is 5.91 Å². The maximum atomic E-state index is 12.8. The van der Waals surface area contributed by atoms with Gasteiger partial charge in [-0.15, -0.1) is 0 Å². The number of hydrogen-bond acceptors (Lipinski definition) is 4. The number of nitrogens with zero attached hydrogens (tertiary/aromatic N) is 1. The highest BCUT2D eigenvalue weighted by atomic mass is 19.4. The highest BCUT2D eigenvalue weighted by Gasteiger charge is 2.30. The van der Waals surface area contributed by atoms with Gasteiger partial charge in [0.05, 0.1) is 18.2 Å². The van der Waals surface area contributed by atoms with Crippen LogP contribution in [0, 0.1) is 6.92 Å². The van der Waals surface area contributed by atoms with Gasteiger partial charge in [-0.3, -0.25) is 9.78 Å². The van der Waals surface area contributed by atoms with Crippen molar-refractivity contribution in [3.05, 3.63) is 59.8 Å². The molecule has 0 radical (unpaired) electrons. The van der Waals surface area contributed by atoms with Crippen molar-refractivity contribution in [2.45, 2.75) is 13.1 Å². The molecule has 8 heteroatoms. The van der Waals surface area contributed by atoms with E-state index in [1.807, 2.05) is 0 Å². The Kier molecular flexibility index (Phi) is 5.39. The van der Waals surface area contributed by atoms with Gasteiger partial charge < -0.3 is 14.8 Å². The number of rotatable bonds is 5. The molecular weight excluding hydrogens is 373 g/mol. The molecule has 1 aromatic heterocycles. The Morgan fingerprint density at radius 3 is 2.64 bits per heavy atom. The van der Waals surface area contributed by atoms with E-state index in [0.29, 0.717) is 28.1 Å². The first kappa shape index (κ1) is 19.5. The molecule has 1 amide bonds. The predicted molar refractivity (Wildman–Crippen MR) is 98.6 cm³/mol. The molecule has 0 fully saturated rings. The lowest BCUT2D eigenvalue weighted by atomic mass is 10.1. The molecule has 0 bridgehead atoms. The molecule has 28 heavy (non-hydrogen) atoms. The van der Waals surface area contributed by atoms with Gasteiger partial charge in [0.15, 0.2) is 6.61 Å². The Bertz CT molecular complexity index is 1020. The lowest BCUT2D eigenvalue weighted by molar-refractivity contribution is -0.137. The highest BCUT2D eigenvalue weighted by Crippen LogP contribution is 2.31. The van der Waals surface area contributed by atoms with Crippen molar-refractivity contribution in [1.29, 1.82) is 0 Å². The minimum Gasteiger partial charge on any atom is -0.497 e. The summed E-state index contributed by atoms with van der Waals surface area (Å²) < 4.78 is 49.1. The third kappa shape index (κ3) is 4.51. The van der Waals surface area contributed by atoms with Crippen LogP contribution in [0.4, 0.5) is 18.9 Å². The van der Waals surface area contributed by atoms with E-state index in [-0.39, 0.29) is 12.3 Å². The number of hydrogen-bond donors (Lipinski definition) is 1. The van der Waals surface area contributed by atoms with Gasteiger partial charge in [-0.2, -0.15) is 13.2 Å². The number of alkyl halides is 3. The SMILES string of the molecule is COc1ccc2nc(C)cc(OCC(=O)Nc3cccc(C(F)(F)F)c3)c2c1. The Morgan fingerprint density at radius 2 is 1.93 bits per heavy atom. The summed E-state index contributed by atoms with van der Waals surface area (Å²) in [5.41, 5.74) is 0.579. The molecule has 0 aliphatic carbocycles. The number of halogens is 3. The van der Waals surface area contributed by atoms with Crippen molar-refractivity contribution < 1.29 is 27.4 Å². The van der Waals surface area contributed by atoms with Gasteiger partial charge in [-0.05, 0) is 43.3 Å². The van der Waals surface area contributed by atoms with Crippen LogP contribution >= 0.6 is 0 Å². The summed E-state index contributed by atoms with van der Waals surface area (Å²) in [6.07, 6.45) is -4.48. The normalized spacial score (nSPS) is 11.3. The van der Waals surface area contributed by atoms with Crippen LogP contribution < -0.4 is 14.8 Å². The molecule has 0 aliphatic heterocycles.